The highest BCUT2D eigenvalue weighted by atomic mass is 79.9. The number of fused-ring (bicyclic) bond motifs is 1. The van der Waals surface area contributed by atoms with Crippen LogP contribution in [0.2, 0.25) is 5.15 Å². The van der Waals surface area contributed by atoms with E-state index in [-0.39, 0.29) is 11.5 Å². The number of hydrogen-bond donors (Lipinski definition) is 1. The number of rotatable bonds is 4. The molecule has 3 aromatic rings. The fourth-order valence-corrected chi connectivity index (χ4v) is 5.56. The lowest BCUT2D eigenvalue weighted by Crippen LogP contribution is -2.35. The summed E-state index contributed by atoms with van der Waals surface area (Å²) < 4.78 is 7.18. The Morgan fingerprint density at radius 3 is 2.56 bits per heavy atom. The maximum atomic E-state index is 13.4. The minimum Gasteiger partial charge on any atom is -0.440 e. The van der Waals surface area contributed by atoms with E-state index in [1.54, 1.807) is 6.07 Å². The van der Waals surface area contributed by atoms with Gasteiger partial charge in [0, 0.05) is 18.7 Å². The largest absolute Gasteiger partial charge is 0.440 e. The standard InChI is InChI=1S/C25H27BrClN3O2/c1-14-12-17(16(3)28-19-4-5-20(27)29-23(19)26)22-18(13-14)21(31)15(2)24(32-22)30-10-8-25(6-7-25)9-11-30/h4-5,12-13,16,28H,6-11H2,1-3H3. The van der Waals surface area contributed by atoms with Crippen LogP contribution in [0, 0.1) is 19.3 Å². The molecule has 5 nitrogen and oxygen atoms in total. The summed E-state index contributed by atoms with van der Waals surface area (Å²) in [6.45, 7) is 7.87. The molecule has 1 N–H and O–H groups in total. The Balaban J connectivity index is 1.56. The van der Waals surface area contributed by atoms with Crippen LogP contribution in [0.15, 0.2) is 38.1 Å². The van der Waals surface area contributed by atoms with Crippen LogP contribution in [-0.2, 0) is 0 Å². The van der Waals surface area contributed by atoms with Gasteiger partial charge in [0.2, 0.25) is 5.88 Å². The zero-order chi connectivity index (χ0) is 22.6. The lowest BCUT2D eigenvalue weighted by Gasteiger charge is -2.33. The Morgan fingerprint density at radius 1 is 1.19 bits per heavy atom. The van der Waals surface area contributed by atoms with E-state index >= 15 is 0 Å². The molecule has 1 aromatic carbocycles. The monoisotopic (exact) mass is 515 g/mol. The Hall–Kier alpha value is -2.05. The Labute approximate surface area is 201 Å². The van der Waals surface area contributed by atoms with Crippen molar-refractivity contribution in [2.24, 2.45) is 5.41 Å². The van der Waals surface area contributed by atoms with E-state index in [9.17, 15) is 4.79 Å². The Morgan fingerprint density at radius 2 is 1.91 bits per heavy atom. The SMILES string of the molecule is Cc1cc(C(C)Nc2ccc(Cl)nc2Br)c2oc(N3CCC4(CC3)CC4)c(C)c(=O)c2c1. The number of hydrogen-bond acceptors (Lipinski definition) is 5. The van der Waals surface area contributed by atoms with Crippen molar-refractivity contribution in [3.05, 3.63) is 60.9 Å². The number of anilines is 2. The molecule has 1 spiro atoms. The van der Waals surface area contributed by atoms with Crippen molar-refractivity contribution in [1.29, 1.82) is 0 Å². The Bertz CT molecular complexity index is 1260. The molecule has 7 heteroatoms. The zero-order valence-electron chi connectivity index (χ0n) is 18.6. The second-order valence-corrected chi connectivity index (χ2v) is 10.6. The average molecular weight is 517 g/mol. The molecule has 1 aliphatic heterocycles. The quantitative estimate of drug-likeness (QED) is 0.388. The molecule has 32 heavy (non-hydrogen) atoms. The molecule has 1 saturated carbocycles. The summed E-state index contributed by atoms with van der Waals surface area (Å²) in [5.41, 5.74) is 4.80. The van der Waals surface area contributed by atoms with E-state index in [1.807, 2.05) is 26.0 Å². The fourth-order valence-electron chi connectivity index (χ4n) is 4.87. The minimum atomic E-state index is -0.105. The first-order chi connectivity index (χ1) is 15.3. The van der Waals surface area contributed by atoms with E-state index in [1.165, 1.54) is 25.7 Å². The fraction of sp³-hybridized carbons (Fsp3) is 0.440. The second-order valence-electron chi connectivity index (χ2n) is 9.42. The number of halogens is 2. The van der Waals surface area contributed by atoms with Gasteiger partial charge in [0.05, 0.1) is 22.7 Å². The van der Waals surface area contributed by atoms with Crippen molar-refractivity contribution in [1.82, 2.24) is 4.98 Å². The first kappa shape index (κ1) is 21.8. The van der Waals surface area contributed by atoms with Gasteiger partial charge in [0.25, 0.3) is 0 Å². The van der Waals surface area contributed by atoms with Gasteiger partial charge in [-0.1, -0.05) is 17.7 Å². The van der Waals surface area contributed by atoms with E-state index in [0.29, 0.717) is 31.7 Å². The van der Waals surface area contributed by atoms with Crippen LogP contribution < -0.4 is 15.6 Å². The van der Waals surface area contributed by atoms with Gasteiger partial charge in [-0.05, 0) is 91.6 Å². The third-order valence-electron chi connectivity index (χ3n) is 7.09. The van der Waals surface area contributed by atoms with Crippen LogP contribution in [0.1, 0.15) is 55.3 Å². The molecule has 0 radical (unpaired) electrons. The molecule has 2 fully saturated rings. The molecule has 5 rings (SSSR count). The van der Waals surface area contributed by atoms with E-state index in [2.05, 4.69) is 44.1 Å². The van der Waals surface area contributed by atoms with Crippen LogP contribution in [0.5, 0.6) is 0 Å². The van der Waals surface area contributed by atoms with E-state index in [4.69, 9.17) is 16.0 Å². The van der Waals surface area contributed by atoms with Crippen LogP contribution >= 0.6 is 27.5 Å². The predicted octanol–water partition coefficient (Wildman–Crippen LogP) is 6.77. The normalized spacial score (nSPS) is 18.2. The van der Waals surface area contributed by atoms with Crippen LogP contribution in [-0.4, -0.2) is 18.1 Å². The molecular formula is C25H27BrClN3O2. The number of piperidine rings is 1. The van der Waals surface area contributed by atoms with Gasteiger partial charge in [-0.15, -0.1) is 0 Å². The molecule has 0 amide bonds. The first-order valence-corrected chi connectivity index (χ1v) is 12.3. The van der Waals surface area contributed by atoms with Crippen molar-refractivity contribution in [3.8, 4) is 0 Å². The number of benzene rings is 1. The first-order valence-electron chi connectivity index (χ1n) is 11.2. The molecule has 1 saturated heterocycles. The number of pyridine rings is 1. The van der Waals surface area contributed by atoms with Crippen molar-refractivity contribution in [2.75, 3.05) is 23.3 Å². The van der Waals surface area contributed by atoms with Gasteiger partial charge in [-0.2, -0.15) is 0 Å². The molecule has 168 valence electrons. The maximum Gasteiger partial charge on any atom is 0.202 e. The van der Waals surface area contributed by atoms with Crippen LogP contribution in [0.3, 0.4) is 0 Å². The second kappa shape index (κ2) is 8.07. The van der Waals surface area contributed by atoms with Gasteiger partial charge in [0.15, 0.2) is 5.43 Å². The van der Waals surface area contributed by atoms with Crippen molar-refractivity contribution in [3.63, 3.8) is 0 Å². The number of nitrogens with one attached hydrogen (secondary N) is 1. The third-order valence-corrected chi connectivity index (χ3v) is 7.90. The molecule has 3 heterocycles. The highest BCUT2D eigenvalue weighted by Crippen LogP contribution is 2.54. The molecule has 1 unspecified atom stereocenters. The third kappa shape index (κ3) is 3.92. The highest BCUT2D eigenvalue weighted by Gasteiger charge is 2.45. The summed E-state index contributed by atoms with van der Waals surface area (Å²) in [5, 5.41) is 4.55. The molecule has 1 atom stereocenters. The van der Waals surface area contributed by atoms with Gasteiger partial charge in [0.1, 0.15) is 15.3 Å². The summed E-state index contributed by atoms with van der Waals surface area (Å²) in [5.74, 6) is 0.727. The Kier molecular flexibility index (Phi) is 5.49. The zero-order valence-corrected chi connectivity index (χ0v) is 20.9. The predicted molar refractivity (Wildman–Crippen MR) is 134 cm³/mol. The topological polar surface area (TPSA) is 58.4 Å². The summed E-state index contributed by atoms with van der Waals surface area (Å²) >= 11 is 9.46. The molecular weight excluding hydrogens is 490 g/mol. The summed E-state index contributed by atoms with van der Waals surface area (Å²) in [6.07, 6.45) is 5.07. The number of aryl methyl sites for hydroxylation is 1. The van der Waals surface area contributed by atoms with E-state index < -0.39 is 0 Å². The number of aromatic nitrogens is 1. The van der Waals surface area contributed by atoms with Crippen molar-refractivity contribution in [2.45, 2.75) is 52.5 Å². The van der Waals surface area contributed by atoms with Crippen molar-refractivity contribution < 1.29 is 4.42 Å². The smallest absolute Gasteiger partial charge is 0.202 e. The molecule has 1 aliphatic carbocycles. The highest BCUT2D eigenvalue weighted by molar-refractivity contribution is 9.10. The number of nitrogens with zero attached hydrogens (tertiary/aromatic N) is 2. The van der Waals surface area contributed by atoms with E-state index in [0.717, 1.165) is 35.8 Å². The lowest BCUT2D eigenvalue weighted by atomic mass is 9.93. The molecule has 0 bridgehead atoms. The van der Waals surface area contributed by atoms with Gasteiger partial charge >= 0.3 is 0 Å². The van der Waals surface area contributed by atoms with Gasteiger partial charge in [-0.3, -0.25) is 4.79 Å². The molecule has 2 aromatic heterocycles. The minimum absolute atomic E-state index is 0.0550. The molecule has 2 aliphatic rings. The summed E-state index contributed by atoms with van der Waals surface area (Å²) in [4.78, 5) is 19.9. The van der Waals surface area contributed by atoms with Crippen LogP contribution in [0.25, 0.3) is 11.0 Å². The lowest BCUT2D eigenvalue weighted by molar-refractivity contribution is 0.371. The van der Waals surface area contributed by atoms with Gasteiger partial charge < -0.3 is 14.6 Å². The average Bonchev–Trinajstić information content (AvgIpc) is 3.52. The van der Waals surface area contributed by atoms with Crippen molar-refractivity contribution >= 4 is 50.1 Å². The maximum absolute atomic E-state index is 13.4. The summed E-state index contributed by atoms with van der Waals surface area (Å²) in [7, 11) is 0. The summed E-state index contributed by atoms with van der Waals surface area (Å²) in [6, 6.07) is 7.56. The van der Waals surface area contributed by atoms with Gasteiger partial charge in [-0.25, -0.2) is 4.98 Å². The van der Waals surface area contributed by atoms with Crippen LogP contribution in [0.4, 0.5) is 11.6 Å².